The van der Waals surface area contributed by atoms with Crippen molar-refractivity contribution in [1.29, 1.82) is 0 Å². The number of halogens is 3. The Morgan fingerprint density at radius 3 is 2.76 bits per heavy atom. The third-order valence-corrected chi connectivity index (χ3v) is 5.92. The molecule has 2 aromatic rings. The first-order chi connectivity index (χ1) is 10.1. The van der Waals surface area contributed by atoms with Crippen molar-refractivity contribution in [3.8, 4) is 0 Å². The van der Waals surface area contributed by atoms with E-state index in [0.717, 1.165) is 30.2 Å². The molecule has 1 atom stereocenters. The van der Waals surface area contributed by atoms with Gasteiger partial charge in [-0.25, -0.2) is 4.39 Å². The highest BCUT2D eigenvalue weighted by atomic mass is 79.9. The third-order valence-electron chi connectivity index (χ3n) is 4.49. The van der Waals surface area contributed by atoms with Gasteiger partial charge in [-0.1, -0.05) is 57.9 Å². The molecule has 2 aromatic carbocycles. The second kappa shape index (κ2) is 6.10. The molecule has 0 N–H and O–H groups in total. The molecule has 0 saturated heterocycles. The Morgan fingerprint density at radius 2 is 2.00 bits per heavy atom. The van der Waals surface area contributed by atoms with E-state index in [1.54, 1.807) is 0 Å². The van der Waals surface area contributed by atoms with Gasteiger partial charge >= 0.3 is 0 Å². The van der Waals surface area contributed by atoms with Gasteiger partial charge in [-0.2, -0.15) is 0 Å². The van der Waals surface area contributed by atoms with Crippen molar-refractivity contribution in [3.05, 3.63) is 70.0 Å². The highest BCUT2D eigenvalue weighted by molar-refractivity contribution is 9.09. The van der Waals surface area contributed by atoms with E-state index in [9.17, 15) is 4.39 Å². The van der Waals surface area contributed by atoms with E-state index in [-0.39, 0.29) is 11.2 Å². The summed E-state index contributed by atoms with van der Waals surface area (Å²) in [6.07, 6.45) is 4.29. The minimum atomic E-state index is -0.277. The molecule has 0 aliphatic heterocycles. The zero-order chi connectivity index (χ0) is 14.9. The fourth-order valence-corrected chi connectivity index (χ4v) is 4.42. The van der Waals surface area contributed by atoms with Gasteiger partial charge in [0.2, 0.25) is 0 Å². The number of aryl methyl sites for hydroxylation is 1. The molecule has 1 aliphatic rings. The largest absolute Gasteiger partial charge is 0.207 e. The molecule has 0 amide bonds. The van der Waals surface area contributed by atoms with E-state index in [0.29, 0.717) is 5.02 Å². The Morgan fingerprint density at radius 1 is 1.19 bits per heavy atom. The van der Waals surface area contributed by atoms with Gasteiger partial charge in [0.1, 0.15) is 5.82 Å². The fraction of sp³-hybridized carbons (Fsp3) is 0.333. The summed E-state index contributed by atoms with van der Waals surface area (Å²) in [6, 6.07) is 13.4. The van der Waals surface area contributed by atoms with Crippen molar-refractivity contribution in [3.63, 3.8) is 0 Å². The molecule has 0 saturated carbocycles. The highest BCUT2D eigenvalue weighted by Crippen LogP contribution is 2.42. The number of hydrogen-bond donors (Lipinski definition) is 0. The first-order valence-electron chi connectivity index (χ1n) is 7.23. The smallest absolute Gasteiger partial charge is 0.124 e. The van der Waals surface area contributed by atoms with Crippen molar-refractivity contribution in [1.82, 2.24) is 0 Å². The Balaban J connectivity index is 2.02. The number of benzene rings is 2. The SMILES string of the molecule is Fc1ccc(CC2(CBr)CCCc3ccccc32)c(Cl)c1. The van der Waals surface area contributed by atoms with Gasteiger partial charge < -0.3 is 0 Å². The molecule has 3 rings (SSSR count). The summed E-state index contributed by atoms with van der Waals surface area (Å²) >= 11 is 9.96. The molecule has 110 valence electrons. The summed E-state index contributed by atoms with van der Waals surface area (Å²) in [4.78, 5) is 0. The minimum absolute atomic E-state index is 0.0519. The topological polar surface area (TPSA) is 0 Å². The Bertz CT molecular complexity index is 655. The monoisotopic (exact) mass is 366 g/mol. The van der Waals surface area contributed by atoms with Crippen LogP contribution in [-0.4, -0.2) is 5.33 Å². The Labute approximate surface area is 138 Å². The fourth-order valence-electron chi connectivity index (χ4n) is 3.41. The van der Waals surface area contributed by atoms with Gasteiger partial charge in [-0.15, -0.1) is 0 Å². The van der Waals surface area contributed by atoms with Crippen LogP contribution in [-0.2, 0) is 18.3 Å². The highest BCUT2D eigenvalue weighted by Gasteiger charge is 2.36. The maximum atomic E-state index is 13.2. The van der Waals surface area contributed by atoms with Crippen LogP contribution in [0, 0.1) is 5.82 Å². The van der Waals surface area contributed by atoms with Crippen LogP contribution in [0.25, 0.3) is 0 Å². The number of alkyl halides is 1. The van der Waals surface area contributed by atoms with Crippen LogP contribution in [0.1, 0.15) is 29.5 Å². The van der Waals surface area contributed by atoms with Gasteiger partial charge in [-0.05, 0) is 54.5 Å². The zero-order valence-corrected chi connectivity index (χ0v) is 14.1. The lowest BCUT2D eigenvalue weighted by molar-refractivity contribution is 0.401. The molecule has 21 heavy (non-hydrogen) atoms. The van der Waals surface area contributed by atoms with Crippen LogP contribution in [0.4, 0.5) is 4.39 Å². The molecule has 0 radical (unpaired) electrons. The summed E-state index contributed by atoms with van der Waals surface area (Å²) in [6.45, 7) is 0. The molecule has 0 aromatic heterocycles. The van der Waals surface area contributed by atoms with Gasteiger partial charge in [0.25, 0.3) is 0 Å². The quantitative estimate of drug-likeness (QED) is 0.611. The number of rotatable bonds is 3. The summed E-state index contributed by atoms with van der Waals surface area (Å²) in [5, 5.41) is 1.42. The van der Waals surface area contributed by atoms with E-state index >= 15 is 0 Å². The van der Waals surface area contributed by atoms with Gasteiger partial charge in [0.15, 0.2) is 0 Å². The van der Waals surface area contributed by atoms with Crippen LogP contribution in [0.15, 0.2) is 42.5 Å². The first kappa shape index (κ1) is 15.1. The van der Waals surface area contributed by atoms with Gasteiger partial charge in [0, 0.05) is 15.8 Å². The van der Waals surface area contributed by atoms with Gasteiger partial charge in [-0.3, -0.25) is 0 Å². The summed E-state index contributed by atoms with van der Waals surface area (Å²) < 4.78 is 13.2. The zero-order valence-electron chi connectivity index (χ0n) is 11.7. The summed E-state index contributed by atoms with van der Waals surface area (Å²) in [5.74, 6) is -0.277. The minimum Gasteiger partial charge on any atom is -0.207 e. The van der Waals surface area contributed by atoms with Crippen molar-refractivity contribution in [2.24, 2.45) is 0 Å². The molecular formula is C18H17BrClF. The van der Waals surface area contributed by atoms with E-state index in [1.165, 1.54) is 29.7 Å². The molecular weight excluding hydrogens is 351 g/mol. The van der Waals surface area contributed by atoms with E-state index in [2.05, 4.69) is 40.2 Å². The van der Waals surface area contributed by atoms with E-state index < -0.39 is 0 Å². The van der Waals surface area contributed by atoms with Crippen molar-refractivity contribution >= 4 is 27.5 Å². The molecule has 0 nitrogen and oxygen atoms in total. The van der Waals surface area contributed by atoms with Crippen LogP contribution >= 0.6 is 27.5 Å². The average molecular weight is 368 g/mol. The van der Waals surface area contributed by atoms with Crippen LogP contribution in [0.5, 0.6) is 0 Å². The Kier molecular flexibility index (Phi) is 4.37. The Hall–Kier alpha value is -0.860. The van der Waals surface area contributed by atoms with Crippen molar-refractivity contribution in [2.45, 2.75) is 31.1 Å². The molecule has 0 heterocycles. The maximum Gasteiger partial charge on any atom is 0.124 e. The number of fused-ring (bicyclic) bond motifs is 1. The molecule has 0 fully saturated rings. The lowest BCUT2D eigenvalue weighted by Gasteiger charge is -2.38. The predicted molar refractivity (Wildman–Crippen MR) is 90.0 cm³/mol. The number of hydrogen-bond acceptors (Lipinski definition) is 0. The molecule has 0 bridgehead atoms. The molecule has 0 spiro atoms. The standard InChI is InChI=1S/C18H17BrClF/c19-12-18(11-14-7-8-15(21)10-17(14)20)9-3-5-13-4-1-2-6-16(13)18/h1-2,4,6-8,10H,3,5,9,11-12H2. The lowest BCUT2D eigenvalue weighted by atomic mass is 9.68. The maximum absolute atomic E-state index is 13.2. The van der Waals surface area contributed by atoms with Crippen molar-refractivity contribution < 1.29 is 4.39 Å². The molecule has 1 unspecified atom stereocenters. The van der Waals surface area contributed by atoms with E-state index in [1.807, 2.05) is 6.07 Å². The molecule has 3 heteroatoms. The predicted octanol–water partition coefficient (Wildman–Crippen LogP) is 5.69. The van der Waals surface area contributed by atoms with E-state index in [4.69, 9.17) is 11.6 Å². The normalized spacial score (nSPS) is 21.1. The summed E-state index contributed by atoms with van der Waals surface area (Å²) in [7, 11) is 0. The molecule has 1 aliphatic carbocycles. The second-order valence-corrected chi connectivity index (χ2v) is 6.81. The summed E-state index contributed by atoms with van der Waals surface area (Å²) in [5.41, 5.74) is 3.92. The average Bonchev–Trinajstić information content (AvgIpc) is 2.50. The van der Waals surface area contributed by atoms with Crippen LogP contribution < -0.4 is 0 Å². The van der Waals surface area contributed by atoms with Crippen molar-refractivity contribution in [2.75, 3.05) is 5.33 Å². The van der Waals surface area contributed by atoms with Crippen LogP contribution in [0.2, 0.25) is 5.02 Å². The first-order valence-corrected chi connectivity index (χ1v) is 8.73. The third kappa shape index (κ3) is 2.89. The van der Waals surface area contributed by atoms with Crippen LogP contribution in [0.3, 0.4) is 0 Å². The van der Waals surface area contributed by atoms with Gasteiger partial charge in [0.05, 0.1) is 0 Å². The lowest BCUT2D eigenvalue weighted by Crippen LogP contribution is -2.35. The second-order valence-electron chi connectivity index (χ2n) is 5.84.